The molecule has 2 heterocycles. The summed E-state index contributed by atoms with van der Waals surface area (Å²) in [4.78, 5) is 0. The smallest absolute Gasteiger partial charge is 0.0515 e. The summed E-state index contributed by atoms with van der Waals surface area (Å²) in [7, 11) is 0. The molecule has 1 aromatic heterocycles. The number of rotatable bonds is 1. The van der Waals surface area contributed by atoms with Gasteiger partial charge < -0.3 is 4.57 Å². The monoisotopic (exact) mass is 219 g/mol. The molecule has 1 nitrogen and oxygen atoms in total. The Bertz CT molecular complexity index is 525. The average Bonchev–Trinajstić information content (AvgIpc) is 2.58. The van der Waals surface area contributed by atoms with Gasteiger partial charge in [0, 0.05) is 23.5 Å². The molecule has 0 radical (unpaired) electrons. The molecule has 0 atom stereocenters. The van der Waals surface area contributed by atoms with Crippen LogP contribution in [-0.4, -0.2) is 4.57 Å². The van der Waals surface area contributed by atoms with E-state index in [-0.39, 0.29) is 0 Å². The Morgan fingerprint density at radius 1 is 1.33 bits per heavy atom. The maximum atomic E-state index is 5.91. The molecule has 0 amide bonds. The van der Waals surface area contributed by atoms with E-state index in [1.807, 2.05) is 0 Å². The number of nitrogens with zero attached hydrogens (tertiary/aromatic N) is 1. The average molecular weight is 220 g/mol. The summed E-state index contributed by atoms with van der Waals surface area (Å²) in [5, 5.41) is 1.36. The molecule has 1 aromatic carbocycles. The van der Waals surface area contributed by atoms with Crippen molar-refractivity contribution in [3.05, 3.63) is 35.0 Å². The van der Waals surface area contributed by atoms with Gasteiger partial charge in [-0.05, 0) is 43.0 Å². The van der Waals surface area contributed by atoms with Crippen LogP contribution < -0.4 is 0 Å². The van der Waals surface area contributed by atoms with Crippen molar-refractivity contribution in [2.75, 3.05) is 0 Å². The van der Waals surface area contributed by atoms with E-state index in [2.05, 4.69) is 29.7 Å². The Morgan fingerprint density at radius 3 is 3.00 bits per heavy atom. The van der Waals surface area contributed by atoms with Crippen molar-refractivity contribution in [2.24, 2.45) is 0 Å². The zero-order valence-corrected chi connectivity index (χ0v) is 9.64. The van der Waals surface area contributed by atoms with Crippen LogP contribution in [0.2, 0.25) is 0 Å². The molecule has 3 rings (SSSR count). The predicted molar refractivity (Wildman–Crippen MR) is 64.6 cm³/mol. The molecular weight excluding hydrogens is 206 g/mol. The van der Waals surface area contributed by atoms with E-state index >= 15 is 0 Å². The number of aromatic nitrogens is 1. The van der Waals surface area contributed by atoms with Gasteiger partial charge in [0.15, 0.2) is 0 Å². The van der Waals surface area contributed by atoms with Gasteiger partial charge in [-0.25, -0.2) is 0 Å². The van der Waals surface area contributed by atoms with Gasteiger partial charge in [-0.1, -0.05) is 6.07 Å². The summed E-state index contributed by atoms with van der Waals surface area (Å²) in [6.45, 7) is 3.36. The zero-order valence-electron chi connectivity index (χ0n) is 8.89. The molecule has 0 saturated heterocycles. The first kappa shape index (κ1) is 9.29. The lowest BCUT2D eigenvalue weighted by Gasteiger charge is -2.17. The molecule has 1 aliphatic rings. The number of alkyl halides is 1. The van der Waals surface area contributed by atoms with Crippen molar-refractivity contribution in [1.82, 2.24) is 4.57 Å². The maximum absolute atomic E-state index is 5.91. The van der Waals surface area contributed by atoms with E-state index < -0.39 is 0 Å². The summed E-state index contributed by atoms with van der Waals surface area (Å²) in [6, 6.07) is 6.77. The van der Waals surface area contributed by atoms with Crippen LogP contribution in [0.5, 0.6) is 0 Å². The van der Waals surface area contributed by atoms with Gasteiger partial charge in [0.05, 0.1) is 5.52 Å². The predicted octanol–water partition coefficient (Wildman–Crippen LogP) is 3.63. The number of halogens is 1. The Labute approximate surface area is 94.7 Å². The molecule has 0 bridgehead atoms. The highest BCUT2D eigenvalue weighted by Crippen LogP contribution is 2.30. The van der Waals surface area contributed by atoms with E-state index in [9.17, 15) is 0 Å². The standard InChI is InChI=1S/C13H14ClN/c1-9-5-12-7-10(8-14)6-11-3-2-4-15(9)13(11)12/h5-7H,2-4,8H2,1H3. The highest BCUT2D eigenvalue weighted by molar-refractivity contribution is 6.17. The Kier molecular flexibility index (Phi) is 2.03. The molecule has 0 fully saturated rings. The van der Waals surface area contributed by atoms with Crippen molar-refractivity contribution in [1.29, 1.82) is 0 Å². The summed E-state index contributed by atoms with van der Waals surface area (Å²) >= 11 is 5.91. The molecule has 0 aliphatic carbocycles. The minimum atomic E-state index is 0.618. The molecule has 0 saturated carbocycles. The molecule has 78 valence electrons. The highest BCUT2D eigenvalue weighted by atomic mass is 35.5. The number of benzene rings is 1. The third-order valence-electron chi connectivity index (χ3n) is 3.32. The quantitative estimate of drug-likeness (QED) is 0.646. The normalized spacial score (nSPS) is 14.8. The third-order valence-corrected chi connectivity index (χ3v) is 3.63. The third kappa shape index (κ3) is 1.30. The Hall–Kier alpha value is -0.950. The maximum Gasteiger partial charge on any atom is 0.0515 e. The molecule has 2 aromatic rings. The summed E-state index contributed by atoms with van der Waals surface area (Å²) in [5.41, 5.74) is 5.53. The second-order valence-corrected chi connectivity index (χ2v) is 4.63. The minimum Gasteiger partial charge on any atom is -0.345 e. The van der Waals surface area contributed by atoms with Crippen LogP contribution in [-0.2, 0) is 18.8 Å². The fourth-order valence-corrected chi connectivity index (χ4v) is 2.84. The van der Waals surface area contributed by atoms with Crippen molar-refractivity contribution in [2.45, 2.75) is 32.2 Å². The summed E-state index contributed by atoms with van der Waals surface area (Å²) < 4.78 is 2.44. The molecule has 0 N–H and O–H groups in total. The van der Waals surface area contributed by atoms with Crippen molar-refractivity contribution in [3.63, 3.8) is 0 Å². The van der Waals surface area contributed by atoms with Crippen molar-refractivity contribution >= 4 is 22.5 Å². The van der Waals surface area contributed by atoms with Gasteiger partial charge in [0.2, 0.25) is 0 Å². The molecule has 1 aliphatic heterocycles. The fourth-order valence-electron chi connectivity index (χ4n) is 2.69. The number of hydrogen-bond donors (Lipinski definition) is 0. The highest BCUT2D eigenvalue weighted by Gasteiger charge is 2.15. The minimum absolute atomic E-state index is 0.618. The van der Waals surface area contributed by atoms with Gasteiger partial charge in [0.1, 0.15) is 0 Å². The van der Waals surface area contributed by atoms with Crippen LogP contribution in [0.4, 0.5) is 0 Å². The molecule has 0 spiro atoms. The first-order chi connectivity index (χ1) is 7.29. The van der Waals surface area contributed by atoms with Crippen molar-refractivity contribution in [3.8, 4) is 0 Å². The zero-order chi connectivity index (χ0) is 10.4. The van der Waals surface area contributed by atoms with Gasteiger partial charge in [0.25, 0.3) is 0 Å². The van der Waals surface area contributed by atoms with E-state index in [4.69, 9.17) is 11.6 Å². The largest absolute Gasteiger partial charge is 0.345 e. The fraction of sp³-hybridized carbons (Fsp3) is 0.385. The lowest BCUT2D eigenvalue weighted by Crippen LogP contribution is -2.08. The van der Waals surface area contributed by atoms with E-state index in [1.165, 1.54) is 47.1 Å². The molecule has 15 heavy (non-hydrogen) atoms. The summed E-state index contributed by atoms with van der Waals surface area (Å²) in [5.74, 6) is 0.618. The second-order valence-electron chi connectivity index (χ2n) is 4.37. The van der Waals surface area contributed by atoms with Crippen LogP contribution in [0.3, 0.4) is 0 Å². The van der Waals surface area contributed by atoms with E-state index in [0.717, 1.165) is 0 Å². The molecule has 0 unspecified atom stereocenters. The number of hydrogen-bond acceptors (Lipinski definition) is 0. The van der Waals surface area contributed by atoms with Crippen LogP contribution >= 0.6 is 11.6 Å². The first-order valence-electron chi connectivity index (χ1n) is 5.47. The first-order valence-corrected chi connectivity index (χ1v) is 6.00. The lowest BCUT2D eigenvalue weighted by molar-refractivity contribution is 0.623. The van der Waals surface area contributed by atoms with Crippen LogP contribution in [0.1, 0.15) is 23.2 Å². The summed E-state index contributed by atoms with van der Waals surface area (Å²) in [6.07, 6.45) is 2.45. The van der Waals surface area contributed by atoms with Crippen LogP contribution in [0.15, 0.2) is 18.2 Å². The van der Waals surface area contributed by atoms with Crippen LogP contribution in [0.25, 0.3) is 10.9 Å². The van der Waals surface area contributed by atoms with Gasteiger partial charge in [-0.2, -0.15) is 0 Å². The van der Waals surface area contributed by atoms with E-state index in [0.29, 0.717) is 5.88 Å². The topological polar surface area (TPSA) is 4.93 Å². The van der Waals surface area contributed by atoms with Gasteiger partial charge in [-0.3, -0.25) is 0 Å². The molecule has 2 heteroatoms. The Balaban J connectivity index is 2.39. The lowest BCUT2D eigenvalue weighted by atomic mass is 10.0. The van der Waals surface area contributed by atoms with Crippen molar-refractivity contribution < 1.29 is 0 Å². The molecular formula is C13H14ClN. The van der Waals surface area contributed by atoms with E-state index in [1.54, 1.807) is 0 Å². The van der Waals surface area contributed by atoms with Gasteiger partial charge >= 0.3 is 0 Å². The Morgan fingerprint density at radius 2 is 2.20 bits per heavy atom. The second kappa shape index (κ2) is 3.28. The van der Waals surface area contributed by atoms with Crippen LogP contribution in [0, 0.1) is 6.92 Å². The number of aryl methyl sites for hydroxylation is 3. The van der Waals surface area contributed by atoms with Gasteiger partial charge in [-0.15, -0.1) is 11.6 Å². The SMILES string of the molecule is Cc1cc2cc(CCl)cc3c2n1CCC3.